The highest BCUT2D eigenvalue weighted by Crippen LogP contribution is 2.12. The number of nitrogens with zero attached hydrogens (tertiary/aromatic N) is 2. The van der Waals surface area contributed by atoms with Gasteiger partial charge >= 0.3 is 0 Å². The van der Waals surface area contributed by atoms with Gasteiger partial charge < -0.3 is 19.0 Å². The summed E-state index contributed by atoms with van der Waals surface area (Å²) in [7, 11) is 0. The van der Waals surface area contributed by atoms with Crippen molar-refractivity contribution in [1.29, 1.82) is 0 Å². The molecule has 0 aliphatic heterocycles. The van der Waals surface area contributed by atoms with Crippen LogP contribution in [0.1, 0.15) is 25.2 Å². The van der Waals surface area contributed by atoms with Gasteiger partial charge in [-0.15, -0.1) is 0 Å². The Morgan fingerprint density at radius 2 is 1.59 bits per heavy atom. The van der Waals surface area contributed by atoms with E-state index in [2.05, 4.69) is 0 Å². The number of benzene rings is 2. The highest BCUT2D eigenvalue weighted by Gasteiger charge is 2.24. The Kier molecular flexibility index (Phi) is 8.49. The van der Waals surface area contributed by atoms with Gasteiger partial charge in [-0.3, -0.25) is 9.59 Å². The van der Waals surface area contributed by atoms with Crippen molar-refractivity contribution in [2.75, 3.05) is 19.7 Å². The highest BCUT2D eigenvalue weighted by molar-refractivity contribution is 5.85. The van der Waals surface area contributed by atoms with Crippen LogP contribution in [0.2, 0.25) is 0 Å². The zero-order valence-electron chi connectivity index (χ0n) is 18.6. The van der Waals surface area contributed by atoms with Crippen LogP contribution in [-0.2, 0) is 22.6 Å². The summed E-state index contributed by atoms with van der Waals surface area (Å²) in [6.45, 7) is 4.56. The Morgan fingerprint density at radius 1 is 0.906 bits per heavy atom. The van der Waals surface area contributed by atoms with E-state index in [1.807, 2.05) is 68.4 Å². The van der Waals surface area contributed by atoms with Crippen LogP contribution >= 0.6 is 0 Å². The molecule has 0 spiro atoms. The molecule has 0 radical (unpaired) electrons. The second kappa shape index (κ2) is 11.7. The molecule has 0 saturated carbocycles. The number of para-hydroxylation sites is 1. The van der Waals surface area contributed by atoms with Crippen molar-refractivity contribution in [2.45, 2.75) is 32.9 Å². The Balaban J connectivity index is 1.64. The third-order valence-electron chi connectivity index (χ3n) is 5.15. The van der Waals surface area contributed by atoms with Crippen LogP contribution < -0.4 is 4.74 Å². The summed E-state index contributed by atoms with van der Waals surface area (Å²) in [6, 6.07) is 22.7. The fourth-order valence-corrected chi connectivity index (χ4v) is 3.34. The standard InChI is InChI=1S/C26H30N2O4/c1-21(2)28(26(30)20-32-23-12-7-4-8-13-23)19-25(29)27(18-24-14-9-17-31-24)16-15-22-10-5-3-6-11-22/h3-14,17,21H,15-16,18-20H2,1-2H3. The average molecular weight is 435 g/mol. The van der Waals surface area contributed by atoms with Crippen LogP contribution in [0.3, 0.4) is 0 Å². The average Bonchev–Trinajstić information content (AvgIpc) is 3.33. The lowest BCUT2D eigenvalue weighted by molar-refractivity contribution is -0.143. The normalized spacial score (nSPS) is 10.7. The highest BCUT2D eigenvalue weighted by atomic mass is 16.5. The smallest absolute Gasteiger partial charge is 0.261 e. The van der Waals surface area contributed by atoms with Crippen LogP contribution in [0.5, 0.6) is 5.75 Å². The molecule has 0 unspecified atom stereocenters. The molecule has 0 aliphatic rings. The maximum atomic E-state index is 13.2. The molecule has 0 saturated heterocycles. The van der Waals surface area contributed by atoms with Gasteiger partial charge in [-0.2, -0.15) is 0 Å². The number of hydrogen-bond acceptors (Lipinski definition) is 4. The molecule has 0 N–H and O–H groups in total. The second-order valence-corrected chi connectivity index (χ2v) is 7.85. The molecular formula is C26H30N2O4. The van der Waals surface area contributed by atoms with Gasteiger partial charge in [0.1, 0.15) is 18.1 Å². The topological polar surface area (TPSA) is 63.0 Å². The number of carbonyl (C=O) groups is 2. The molecule has 0 bridgehead atoms. The van der Waals surface area contributed by atoms with Crippen LogP contribution in [0, 0.1) is 0 Å². The van der Waals surface area contributed by atoms with E-state index in [-0.39, 0.29) is 31.0 Å². The minimum absolute atomic E-state index is 0.00977. The monoisotopic (exact) mass is 434 g/mol. The summed E-state index contributed by atoms with van der Waals surface area (Å²) in [4.78, 5) is 29.4. The summed E-state index contributed by atoms with van der Waals surface area (Å²) in [5.41, 5.74) is 1.15. The van der Waals surface area contributed by atoms with Crippen molar-refractivity contribution in [2.24, 2.45) is 0 Å². The minimum Gasteiger partial charge on any atom is -0.484 e. The predicted molar refractivity (Wildman–Crippen MR) is 123 cm³/mol. The SMILES string of the molecule is CC(C)N(CC(=O)N(CCc1ccccc1)Cc1ccco1)C(=O)COc1ccccc1. The number of carbonyl (C=O) groups excluding carboxylic acids is 2. The first kappa shape index (κ1) is 23.1. The summed E-state index contributed by atoms with van der Waals surface area (Å²) < 4.78 is 11.1. The molecule has 1 heterocycles. The van der Waals surface area contributed by atoms with Gasteiger partial charge in [-0.25, -0.2) is 0 Å². The molecule has 2 amide bonds. The summed E-state index contributed by atoms with van der Waals surface area (Å²) >= 11 is 0. The minimum atomic E-state index is -0.224. The fraction of sp³-hybridized carbons (Fsp3) is 0.308. The molecule has 0 fully saturated rings. The van der Waals surface area contributed by atoms with Crippen molar-refractivity contribution in [3.8, 4) is 5.75 Å². The molecule has 32 heavy (non-hydrogen) atoms. The first-order chi connectivity index (χ1) is 15.5. The van der Waals surface area contributed by atoms with Crippen LogP contribution in [0.15, 0.2) is 83.5 Å². The number of furan rings is 1. The summed E-state index contributed by atoms with van der Waals surface area (Å²) in [5, 5.41) is 0. The lowest BCUT2D eigenvalue weighted by Gasteiger charge is -2.30. The van der Waals surface area contributed by atoms with Gasteiger partial charge in [-0.1, -0.05) is 48.5 Å². The van der Waals surface area contributed by atoms with Gasteiger partial charge in [0, 0.05) is 12.6 Å². The van der Waals surface area contributed by atoms with E-state index in [1.165, 1.54) is 0 Å². The zero-order valence-corrected chi connectivity index (χ0v) is 18.6. The number of rotatable bonds is 11. The summed E-state index contributed by atoms with van der Waals surface area (Å²) in [5.74, 6) is 0.983. The lowest BCUT2D eigenvalue weighted by Crippen LogP contribution is -2.47. The Morgan fingerprint density at radius 3 is 2.22 bits per heavy atom. The van der Waals surface area contributed by atoms with Gasteiger partial charge in [-0.05, 0) is 50.1 Å². The van der Waals surface area contributed by atoms with Crippen molar-refractivity contribution < 1.29 is 18.7 Å². The van der Waals surface area contributed by atoms with Crippen molar-refractivity contribution in [3.63, 3.8) is 0 Å². The van der Waals surface area contributed by atoms with E-state index in [0.29, 0.717) is 24.6 Å². The molecule has 0 atom stereocenters. The lowest BCUT2D eigenvalue weighted by atomic mass is 10.1. The van der Waals surface area contributed by atoms with E-state index >= 15 is 0 Å². The van der Waals surface area contributed by atoms with E-state index in [4.69, 9.17) is 9.15 Å². The summed E-state index contributed by atoms with van der Waals surface area (Å²) in [6.07, 6.45) is 2.32. The van der Waals surface area contributed by atoms with Gasteiger partial charge in [0.05, 0.1) is 12.8 Å². The first-order valence-electron chi connectivity index (χ1n) is 10.8. The number of amides is 2. The molecule has 2 aromatic carbocycles. The van der Waals surface area contributed by atoms with Crippen LogP contribution in [0.4, 0.5) is 0 Å². The molecule has 3 rings (SSSR count). The second-order valence-electron chi connectivity index (χ2n) is 7.85. The molecule has 6 nitrogen and oxygen atoms in total. The number of hydrogen-bond donors (Lipinski definition) is 0. The van der Waals surface area contributed by atoms with Crippen LogP contribution in [0.25, 0.3) is 0 Å². The van der Waals surface area contributed by atoms with Crippen molar-refractivity contribution in [1.82, 2.24) is 9.80 Å². The maximum Gasteiger partial charge on any atom is 0.261 e. The van der Waals surface area contributed by atoms with Gasteiger partial charge in [0.2, 0.25) is 5.91 Å². The van der Waals surface area contributed by atoms with Crippen molar-refractivity contribution in [3.05, 3.63) is 90.4 Å². The molecule has 6 heteroatoms. The largest absolute Gasteiger partial charge is 0.484 e. The van der Waals surface area contributed by atoms with E-state index < -0.39 is 0 Å². The van der Waals surface area contributed by atoms with Gasteiger partial charge in [0.25, 0.3) is 5.91 Å². The molecule has 0 aliphatic carbocycles. The van der Waals surface area contributed by atoms with E-state index in [9.17, 15) is 9.59 Å². The fourth-order valence-electron chi connectivity index (χ4n) is 3.34. The molecular weight excluding hydrogens is 404 g/mol. The van der Waals surface area contributed by atoms with Crippen molar-refractivity contribution >= 4 is 11.8 Å². The maximum absolute atomic E-state index is 13.2. The van der Waals surface area contributed by atoms with Crippen LogP contribution in [-0.4, -0.2) is 47.4 Å². The predicted octanol–water partition coefficient (Wildman–Crippen LogP) is 4.17. The Hall–Kier alpha value is -3.54. The Labute approximate surface area is 189 Å². The third-order valence-corrected chi connectivity index (χ3v) is 5.15. The number of ether oxygens (including phenoxy) is 1. The molecule has 168 valence electrons. The quantitative estimate of drug-likeness (QED) is 0.454. The zero-order chi connectivity index (χ0) is 22.8. The van der Waals surface area contributed by atoms with E-state index in [0.717, 1.165) is 12.0 Å². The first-order valence-corrected chi connectivity index (χ1v) is 10.8. The third kappa shape index (κ3) is 7.01. The Bertz CT molecular complexity index is 956. The van der Waals surface area contributed by atoms with E-state index in [1.54, 1.807) is 34.3 Å². The molecule has 1 aromatic heterocycles. The van der Waals surface area contributed by atoms with Gasteiger partial charge in [0.15, 0.2) is 6.61 Å². The molecule has 3 aromatic rings.